The fraction of sp³-hybridized carbons (Fsp3) is 0.500. The largest absolute Gasteiger partial charge is 0.333 e. The van der Waals surface area contributed by atoms with Crippen molar-refractivity contribution in [3.8, 4) is 0 Å². The summed E-state index contributed by atoms with van der Waals surface area (Å²) in [5, 5.41) is 5.69. The summed E-state index contributed by atoms with van der Waals surface area (Å²) in [6.45, 7) is 7.68. The number of rotatable bonds is 4. The van der Waals surface area contributed by atoms with E-state index in [0.29, 0.717) is 5.02 Å². The number of hydrogen-bond acceptors (Lipinski definition) is 3. The molecule has 1 aromatic carbocycles. The van der Waals surface area contributed by atoms with Gasteiger partial charge in [0, 0.05) is 16.6 Å². The van der Waals surface area contributed by atoms with Crippen molar-refractivity contribution in [3.05, 3.63) is 34.9 Å². The third-order valence-electron chi connectivity index (χ3n) is 3.15. The maximum Gasteiger partial charge on any atom is 0.321 e. The van der Waals surface area contributed by atoms with Crippen LogP contribution in [0.5, 0.6) is 0 Å². The molecule has 0 heterocycles. The van der Waals surface area contributed by atoms with E-state index in [1.807, 2.05) is 63.9 Å². The molecule has 3 amide bonds. The molecular weight excluding hydrogens is 302 g/mol. The summed E-state index contributed by atoms with van der Waals surface area (Å²) in [6, 6.07) is 7.04. The minimum absolute atomic E-state index is 0.0358. The van der Waals surface area contributed by atoms with E-state index >= 15 is 0 Å². The molecule has 22 heavy (non-hydrogen) atoms. The van der Waals surface area contributed by atoms with Crippen LogP contribution in [-0.2, 0) is 4.79 Å². The Balaban J connectivity index is 2.53. The lowest BCUT2D eigenvalue weighted by Gasteiger charge is -2.25. The van der Waals surface area contributed by atoms with Gasteiger partial charge in [0.1, 0.15) is 0 Å². The molecule has 0 fully saturated rings. The monoisotopic (exact) mass is 325 g/mol. The molecule has 6 heteroatoms. The molecule has 1 unspecified atom stereocenters. The number of likely N-dealkylation sites (N-methyl/N-ethyl adjacent to an activating group) is 1. The maximum atomic E-state index is 11.9. The quantitative estimate of drug-likeness (QED) is 0.894. The molecule has 1 rings (SSSR count). The zero-order valence-corrected chi connectivity index (χ0v) is 14.5. The van der Waals surface area contributed by atoms with Crippen LogP contribution >= 0.6 is 11.6 Å². The van der Waals surface area contributed by atoms with Crippen molar-refractivity contribution in [2.24, 2.45) is 0 Å². The van der Waals surface area contributed by atoms with Crippen molar-refractivity contribution in [3.63, 3.8) is 0 Å². The highest BCUT2D eigenvalue weighted by molar-refractivity contribution is 6.30. The van der Waals surface area contributed by atoms with Gasteiger partial charge in [0.15, 0.2) is 0 Å². The van der Waals surface area contributed by atoms with E-state index in [-0.39, 0.29) is 24.0 Å². The van der Waals surface area contributed by atoms with E-state index in [1.165, 1.54) is 0 Å². The van der Waals surface area contributed by atoms with Crippen LogP contribution in [-0.4, -0.2) is 36.0 Å². The highest BCUT2D eigenvalue weighted by Crippen LogP contribution is 2.20. The second-order valence-corrected chi connectivity index (χ2v) is 6.83. The molecule has 0 aliphatic rings. The predicted octanol–water partition coefficient (Wildman–Crippen LogP) is 2.96. The smallest absolute Gasteiger partial charge is 0.321 e. The Labute approximate surface area is 137 Å². The van der Waals surface area contributed by atoms with Crippen molar-refractivity contribution >= 4 is 23.5 Å². The average molecular weight is 326 g/mol. The maximum absolute atomic E-state index is 11.9. The van der Waals surface area contributed by atoms with Crippen LogP contribution in [0.4, 0.5) is 4.79 Å². The van der Waals surface area contributed by atoms with Crippen LogP contribution in [0.15, 0.2) is 24.3 Å². The first kappa shape index (κ1) is 18.5. The molecule has 0 saturated heterocycles. The van der Waals surface area contributed by atoms with Crippen LogP contribution in [0.2, 0.25) is 5.02 Å². The van der Waals surface area contributed by atoms with Crippen LogP contribution in [0.3, 0.4) is 0 Å². The Morgan fingerprint density at radius 1 is 1.23 bits per heavy atom. The van der Waals surface area contributed by atoms with E-state index in [2.05, 4.69) is 10.6 Å². The van der Waals surface area contributed by atoms with Gasteiger partial charge in [0.05, 0.1) is 6.54 Å². The molecule has 122 valence electrons. The standard InChI is InChI=1S/C16H24ClN3O2/c1-11(12-6-8-13(17)9-7-12)20(5)10-14(21)18-15(22)19-16(2,3)4/h6-9,11H,10H2,1-5H3,(H2,18,19,21,22). The summed E-state index contributed by atoms with van der Waals surface area (Å²) in [5.41, 5.74) is 0.672. The Morgan fingerprint density at radius 2 is 1.77 bits per heavy atom. The number of benzene rings is 1. The Bertz CT molecular complexity index is 523. The van der Waals surface area contributed by atoms with Crippen LogP contribution < -0.4 is 10.6 Å². The molecule has 2 N–H and O–H groups in total. The van der Waals surface area contributed by atoms with E-state index in [4.69, 9.17) is 11.6 Å². The summed E-state index contributed by atoms with van der Waals surface area (Å²) >= 11 is 5.87. The first-order valence-corrected chi connectivity index (χ1v) is 7.54. The van der Waals surface area contributed by atoms with Gasteiger partial charge in [-0.3, -0.25) is 15.0 Å². The van der Waals surface area contributed by atoms with E-state index in [9.17, 15) is 9.59 Å². The molecule has 0 bridgehead atoms. The van der Waals surface area contributed by atoms with E-state index < -0.39 is 6.03 Å². The first-order valence-electron chi connectivity index (χ1n) is 7.16. The minimum Gasteiger partial charge on any atom is -0.333 e. The highest BCUT2D eigenvalue weighted by atomic mass is 35.5. The van der Waals surface area contributed by atoms with Crippen molar-refractivity contribution in [1.82, 2.24) is 15.5 Å². The number of carbonyl (C=O) groups excluding carboxylic acids is 2. The number of carbonyl (C=O) groups is 2. The van der Waals surface area contributed by atoms with Crippen molar-refractivity contribution < 1.29 is 9.59 Å². The summed E-state index contributed by atoms with van der Waals surface area (Å²) in [7, 11) is 1.83. The van der Waals surface area contributed by atoms with Crippen LogP contribution in [0.1, 0.15) is 39.3 Å². The lowest BCUT2D eigenvalue weighted by molar-refractivity contribution is -0.121. The molecule has 0 radical (unpaired) electrons. The van der Waals surface area contributed by atoms with Gasteiger partial charge in [-0.25, -0.2) is 4.79 Å². The third-order valence-corrected chi connectivity index (χ3v) is 3.40. The number of halogens is 1. The summed E-state index contributed by atoms with van der Waals surface area (Å²) in [4.78, 5) is 25.4. The highest BCUT2D eigenvalue weighted by Gasteiger charge is 2.18. The molecule has 0 saturated carbocycles. The van der Waals surface area contributed by atoms with E-state index in [0.717, 1.165) is 5.56 Å². The van der Waals surface area contributed by atoms with Crippen molar-refractivity contribution in [1.29, 1.82) is 0 Å². The van der Waals surface area contributed by atoms with Crippen LogP contribution in [0.25, 0.3) is 0 Å². The Kier molecular flexibility index (Phi) is 6.38. The first-order chi connectivity index (χ1) is 10.1. The SMILES string of the molecule is CC(c1ccc(Cl)cc1)N(C)CC(=O)NC(=O)NC(C)(C)C. The van der Waals surface area contributed by atoms with E-state index in [1.54, 1.807) is 0 Å². The number of urea groups is 1. The summed E-state index contributed by atoms with van der Waals surface area (Å²) in [5.74, 6) is -0.343. The van der Waals surface area contributed by atoms with Crippen molar-refractivity contribution in [2.45, 2.75) is 39.3 Å². The van der Waals surface area contributed by atoms with Gasteiger partial charge < -0.3 is 5.32 Å². The topological polar surface area (TPSA) is 61.4 Å². The molecule has 1 aromatic rings. The van der Waals surface area contributed by atoms with Gasteiger partial charge >= 0.3 is 6.03 Å². The minimum atomic E-state index is -0.481. The number of hydrogen-bond donors (Lipinski definition) is 2. The number of imide groups is 1. The lowest BCUT2D eigenvalue weighted by Crippen LogP contribution is -2.50. The Morgan fingerprint density at radius 3 is 2.27 bits per heavy atom. The second kappa shape index (κ2) is 7.61. The fourth-order valence-corrected chi connectivity index (χ4v) is 2.02. The average Bonchev–Trinajstić information content (AvgIpc) is 2.35. The molecule has 0 spiro atoms. The van der Waals surface area contributed by atoms with Gasteiger partial charge in [-0.1, -0.05) is 23.7 Å². The summed E-state index contributed by atoms with van der Waals surface area (Å²) < 4.78 is 0. The Hall–Kier alpha value is -1.59. The van der Waals surface area contributed by atoms with Gasteiger partial charge in [-0.2, -0.15) is 0 Å². The molecular formula is C16H24ClN3O2. The van der Waals surface area contributed by atoms with Crippen LogP contribution in [0, 0.1) is 0 Å². The molecule has 0 aliphatic heterocycles. The fourth-order valence-electron chi connectivity index (χ4n) is 1.90. The third kappa shape index (κ3) is 6.45. The zero-order chi connectivity index (χ0) is 16.9. The van der Waals surface area contributed by atoms with Gasteiger partial charge in [0.25, 0.3) is 0 Å². The molecule has 0 aliphatic carbocycles. The second-order valence-electron chi connectivity index (χ2n) is 6.39. The van der Waals surface area contributed by atoms with Gasteiger partial charge in [-0.15, -0.1) is 0 Å². The normalized spacial score (nSPS) is 12.9. The number of amides is 3. The zero-order valence-electron chi connectivity index (χ0n) is 13.7. The van der Waals surface area contributed by atoms with Gasteiger partial charge in [0.2, 0.25) is 5.91 Å². The van der Waals surface area contributed by atoms with Gasteiger partial charge in [-0.05, 0) is 52.4 Å². The summed E-state index contributed by atoms with van der Waals surface area (Å²) in [6.07, 6.45) is 0. The molecule has 0 aromatic heterocycles. The lowest BCUT2D eigenvalue weighted by atomic mass is 10.1. The van der Waals surface area contributed by atoms with Crippen molar-refractivity contribution in [2.75, 3.05) is 13.6 Å². The molecule has 1 atom stereocenters. The predicted molar refractivity (Wildman–Crippen MR) is 88.9 cm³/mol. The molecule has 5 nitrogen and oxygen atoms in total. The number of nitrogens with one attached hydrogen (secondary N) is 2. The number of nitrogens with zero attached hydrogens (tertiary/aromatic N) is 1.